The van der Waals surface area contributed by atoms with Crippen LogP contribution >= 0.6 is 0 Å². The molecule has 2 N–H and O–H groups in total. The first-order valence-electron chi connectivity index (χ1n) is 12.9. The second kappa shape index (κ2) is 21.7. The van der Waals surface area contributed by atoms with Gasteiger partial charge in [-0.1, -0.05) is 36.4 Å². The highest BCUT2D eigenvalue weighted by Gasteiger charge is 2.06. The molecule has 0 aliphatic rings. The van der Waals surface area contributed by atoms with Crippen LogP contribution in [0.25, 0.3) is 0 Å². The predicted molar refractivity (Wildman–Crippen MR) is 166 cm³/mol. The fraction of sp³-hybridized carbons (Fsp3) is 0.250. The molecule has 42 heavy (non-hydrogen) atoms. The van der Waals surface area contributed by atoms with Crippen molar-refractivity contribution in [1.29, 1.82) is 0 Å². The zero-order chi connectivity index (χ0) is 31.9. The van der Waals surface area contributed by atoms with Crippen LogP contribution in [0.1, 0.15) is 38.8 Å². The number of likely N-dealkylation sites (N-methyl/N-ethyl adjacent to an activating group) is 2. The summed E-state index contributed by atoms with van der Waals surface area (Å²) >= 11 is 0. The van der Waals surface area contributed by atoms with Crippen LogP contribution in [-0.4, -0.2) is 82.1 Å². The van der Waals surface area contributed by atoms with Crippen molar-refractivity contribution in [3.8, 4) is 0 Å². The molecular weight excluding hydrogens is 536 g/mol. The molecule has 10 heteroatoms. The average molecular weight is 577 g/mol. The van der Waals surface area contributed by atoms with E-state index < -0.39 is 0 Å². The van der Waals surface area contributed by atoms with Crippen molar-refractivity contribution in [2.45, 2.75) is 19.8 Å². The molecule has 0 aromatic heterocycles. The van der Waals surface area contributed by atoms with E-state index in [-0.39, 0.29) is 11.8 Å². The topological polar surface area (TPSA) is 133 Å². The molecule has 3 aromatic rings. The monoisotopic (exact) mass is 576 g/mol. The summed E-state index contributed by atoms with van der Waals surface area (Å²) < 4.78 is 0. The fourth-order valence-electron chi connectivity index (χ4n) is 3.32. The first kappa shape index (κ1) is 36.9. The molecule has 3 amide bonds. The Labute approximate surface area is 247 Å². The molecule has 0 spiro atoms. The van der Waals surface area contributed by atoms with E-state index in [9.17, 15) is 19.2 Å². The van der Waals surface area contributed by atoms with Crippen LogP contribution in [0.4, 0.5) is 11.4 Å². The summed E-state index contributed by atoms with van der Waals surface area (Å²) in [5.41, 5.74) is 5.17. The van der Waals surface area contributed by atoms with E-state index in [2.05, 4.69) is 22.8 Å². The SMILES string of the molecule is C=O.C=O.CN(C=O)CCc1ccc(NC(=O)c2ccc(C=O)cc2)cc1.CNc1ccc(CCN(C)C(C)=O)cc1. The Morgan fingerprint density at radius 2 is 1.21 bits per heavy atom. The van der Waals surface area contributed by atoms with Crippen molar-refractivity contribution in [3.63, 3.8) is 0 Å². The molecule has 3 rings (SSSR count). The number of anilines is 2. The van der Waals surface area contributed by atoms with Crippen LogP contribution in [0.2, 0.25) is 0 Å². The van der Waals surface area contributed by atoms with E-state index in [1.54, 1.807) is 48.0 Å². The van der Waals surface area contributed by atoms with Gasteiger partial charge in [-0.3, -0.25) is 19.2 Å². The van der Waals surface area contributed by atoms with E-state index in [1.807, 2.05) is 64.1 Å². The number of hydrogen-bond donors (Lipinski definition) is 2. The third kappa shape index (κ3) is 14.3. The Morgan fingerprint density at radius 3 is 1.64 bits per heavy atom. The number of nitrogens with one attached hydrogen (secondary N) is 2. The summed E-state index contributed by atoms with van der Waals surface area (Å²) in [5.74, 6) is -0.113. The summed E-state index contributed by atoms with van der Waals surface area (Å²) in [6, 6.07) is 22.2. The lowest BCUT2D eigenvalue weighted by molar-refractivity contribution is -0.127. The normalized spacial score (nSPS) is 9.14. The second-order valence-corrected chi connectivity index (χ2v) is 8.86. The molecule has 0 aliphatic heterocycles. The smallest absolute Gasteiger partial charge is 0.255 e. The zero-order valence-corrected chi connectivity index (χ0v) is 24.7. The summed E-state index contributed by atoms with van der Waals surface area (Å²) in [5, 5.41) is 5.88. The summed E-state index contributed by atoms with van der Waals surface area (Å²) in [6.07, 6.45) is 3.20. The lowest BCUT2D eigenvalue weighted by atomic mass is 10.1. The van der Waals surface area contributed by atoms with Crippen molar-refractivity contribution in [2.24, 2.45) is 0 Å². The molecule has 3 aromatic carbocycles. The number of carbonyl (C=O) groups excluding carboxylic acids is 6. The zero-order valence-electron chi connectivity index (χ0n) is 24.7. The van der Waals surface area contributed by atoms with Gasteiger partial charge in [-0.15, -0.1) is 0 Å². The van der Waals surface area contributed by atoms with Crippen molar-refractivity contribution in [2.75, 3.05) is 44.9 Å². The number of nitrogens with zero attached hydrogens (tertiary/aromatic N) is 2. The molecule has 10 nitrogen and oxygen atoms in total. The van der Waals surface area contributed by atoms with Gasteiger partial charge in [0.1, 0.15) is 19.9 Å². The number of aldehydes is 1. The van der Waals surface area contributed by atoms with Gasteiger partial charge in [-0.25, -0.2) is 0 Å². The number of carbonyl (C=O) groups is 6. The molecular formula is C32H40N4O6. The molecule has 0 heterocycles. The third-order valence-electron chi connectivity index (χ3n) is 5.97. The van der Waals surface area contributed by atoms with Gasteiger partial charge in [0.15, 0.2) is 0 Å². The van der Waals surface area contributed by atoms with Crippen LogP contribution in [0, 0.1) is 0 Å². The maximum absolute atomic E-state index is 12.1. The lowest BCUT2D eigenvalue weighted by Gasteiger charge is -2.14. The molecule has 0 fully saturated rings. The largest absolute Gasteiger partial charge is 0.388 e. The van der Waals surface area contributed by atoms with E-state index in [4.69, 9.17) is 9.59 Å². The van der Waals surface area contributed by atoms with Gasteiger partial charge >= 0.3 is 0 Å². The van der Waals surface area contributed by atoms with Gasteiger partial charge in [0.05, 0.1) is 0 Å². The molecule has 0 saturated carbocycles. The van der Waals surface area contributed by atoms with Crippen molar-refractivity contribution < 1.29 is 28.8 Å². The molecule has 0 unspecified atom stereocenters. The lowest BCUT2D eigenvalue weighted by Crippen LogP contribution is -2.26. The Bertz CT molecular complexity index is 1210. The number of benzene rings is 3. The Balaban J connectivity index is 0.000000766. The minimum absolute atomic E-state index is 0.113. The fourth-order valence-corrected chi connectivity index (χ4v) is 3.32. The maximum atomic E-state index is 12.1. The maximum Gasteiger partial charge on any atom is 0.255 e. The summed E-state index contributed by atoms with van der Waals surface area (Å²) in [7, 11) is 5.46. The standard InChI is InChI=1S/C18H18N2O3.C12H18N2O.2CH2O/c1-20(13-22)11-10-14-4-8-17(9-5-14)19-18(23)16-6-2-15(12-21)3-7-16;1-10(15)14(3)9-8-11-4-6-12(13-2)7-5-11;2*1-2/h2-9,12-13H,10-11H2,1H3,(H,19,23);4-7,13H,8-9H2,1-3H3;2*1H2. The van der Waals surface area contributed by atoms with Gasteiger partial charge in [0.2, 0.25) is 12.3 Å². The van der Waals surface area contributed by atoms with Crippen LogP contribution in [0.15, 0.2) is 72.8 Å². The van der Waals surface area contributed by atoms with Crippen LogP contribution in [-0.2, 0) is 32.0 Å². The Morgan fingerprint density at radius 1 is 0.738 bits per heavy atom. The van der Waals surface area contributed by atoms with Gasteiger partial charge < -0.3 is 30.0 Å². The summed E-state index contributed by atoms with van der Waals surface area (Å²) in [4.78, 5) is 63.5. The van der Waals surface area contributed by atoms with E-state index in [1.165, 1.54) is 5.56 Å². The molecule has 0 atom stereocenters. The Hall–Kier alpha value is -5.12. The first-order chi connectivity index (χ1) is 20.2. The van der Waals surface area contributed by atoms with Gasteiger partial charge in [-0.2, -0.15) is 0 Å². The van der Waals surface area contributed by atoms with E-state index in [0.29, 0.717) is 23.4 Å². The first-order valence-corrected chi connectivity index (χ1v) is 12.9. The van der Waals surface area contributed by atoms with Crippen LogP contribution in [0.5, 0.6) is 0 Å². The number of amides is 3. The summed E-state index contributed by atoms with van der Waals surface area (Å²) in [6.45, 7) is 7.01. The highest BCUT2D eigenvalue weighted by Crippen LogP contribution is 2.13. The number of rotatable bonds is 11. The van der Waals surface area contributed by atoms with Crippen molar-refractivity contribution in [1.82, 2.24) is 9.80 Å². The van der Waals surface area contributed by atoms with E-state index in [0.717, 1.165) is 43.3 Å². The van der Waals surface area contributed by atoms with Crippen molar-refractivity contribution in [3.05, 3.63) is 95.1 Å². The van der Waals surface area contributed by atoms with Gasteiger partial charge in [0, 0.05) is 63.7 Å². The molecule has 0 saturated heterocycles. The number of hydrogen-bond acceptors (Lipinski definition) is 7. The minimum atomic E-state index is -0.226. The molecule has 0 radical (unpaired) electrons. The van der Waals surface area contributed by atoms with Gasteiger partial charge in [-0.05, 0) is 60.4 Å². The highest BCUT2D eigenvalue weighted by molar-refractivity contribution is 6.04. The molecule has 0 aliphatic carbocycles. The van der Waals surface area contributed by atoms with Crippen LogP contribution < -0.4 is 10.6 Å². The minimum Gasteiger partial charge on any atom is -0.388 e. The van der Waals surface area contributed by atoms with Crippen molar-refractivity contribution >= 4 is 49.5 Å². The van der Waals surface area contributed by atoms with Crippen LogP contribution in [0.3, 0.4) is 0 Å². The average Bonchev–Trinajstić information content (AvgIpc) is 3.05. The molecule has 0 bridgehead atoms. The van der Waals surface area contributed by atoms with E-state index >= 15 is 0 Å². The second-order valence-electron chi connectivity index (χ2n) is 8.86. The molecule has 224 valence electrons. The quantitative estimate of drug-likeness (QED) is 0.332. The highest BCUT2D eigenvalue weighted by atomic mass is 16.2. The Kier molecular flexibility index (Phi) is 19.0. The predicted octanol–water partition coefficient (Wildman–Crippen LogP) is 3.76. The third-order valence-corrected chi connectivity index (χ3v) is 5.97. The van der Waals surface area contributed by atoms with Gasteiger partial charge in [0.25, 0.3) is 5.91 Å².